The molecule has 0 aromatic rings. The lowest BCUT2D eigenvalue weighted by atomic mass is 10.3. The van der Waals surface area contributed by atoms with Crippen LogP contribution in [-0.2, 0) is 19.1 Å². The highest BCUT2D eigenvalue weighted by Crippen LogP contribution is 1.91. The van der Waals surface area contributed by atoms with Gasteiger partial charge in [-0.15, -0.1) is 0 Å². The SMILES string of the molecule is CCCC(=O)OC(=O)C(C)=O. The summed E-state index contributed by atoms with van der Waals surface area (Å²) >= 11 is 0. The van der Waals surface area contributed by atoms with E-state index in [-0.39, 0.29) is 6.42 Å². The minimum atomic E-state index is -1.08. The van der Waals surface area contributed by atoms with Gasteiger partial charge in [0.05, 0.1) is 0 Å². The summed E-state index contributed by atoms with van der Waals surface area (Å²) < 4.78 is 4.12. The molecule has 0 aliphatic heterocycles. The lowest BCUT2D eigenvalue weighted by Gasteiger charge is -1.96. The predicted molar refractivity (Wildman–Crippen MR) is 36.7 cm³/mol. The highest BCUT2D eigenvalue weighted by molar-refractivity contribution is 6.34. The monoisotopic (exact) mass is 158 g/mol. The van der Waals surface area contributed by atoms with Crippen molar-refractivity contribution in [3.63, 3.8) is 0 Å². The lowest BCUT2D eigenvalue weighted by molar-refractivity contribution is -0.163. The molecule has 0 N–H and O–H groups in total. The average molecular weight is 158 g/mol. The van der Waals surface area contributed by atoms with Gasteiger partial charge in [0.1, 0.15) is 0 Å². The summed E-state index contributed by atoms with van der Waals surface area (Å²) in [6.45, 7) is 2.83. The van der Waals surface area contributed by atoms with Gasteiger partial charge in [-0.1, -0.05) is 6.92 Å². The number of carbonyl (C=O) groups excluding carboxylic acids is 3. The first-order valence-corrected chi connectivity index (χ1v) is 3.33. The van der Waals surface area contributed by atoms with Crippen LogP contribution in [0.3, 0.4) is 0 Å². The molecule has 0 saturated heterocycles. The third-order valence-corrected chi connectivity index (χ3v) is 0.948. The normalized spacial score (nSPS) is 8.91. The van der Waals surface area contributed by atoms with Crippen LogP contribution in [0.15, 0.2) is 0 Å². The summed E-state index contributed by atoms with van der Waals surface area (Å²) in [6.07, 6.45) is 0.767. The molecule has 4 heteroatoms. The molecular formula is C7H10O4. The van der Waals surface area contributed by atoms with Gasteiger partial charge in [0.25, 0.3) is 0 Å². The standard InChI is InChI=1S/C7H10O4/c1-3-4-6(9)11-7(10)5(2)8/h3-4H2,1-2H3. The Morgan fingerprint density at radius 3 is 2.18 bits per heavy atom. The summed E-state index contributed by atoms with van der Waals surface area (Å²) in [7, 11) is 0. The number of carbonyl (C=O) groups is 3. The molecule has 0 aliphatic rings. The number of rotatable bonds is 3. The zero-order valence-corrected chi connectivity index (χ0v) is 6.55. The van der Waals surface area contributed by atoms with Crippen molar-refractivity contribution >= 4 is 17.7 Å². The van der Waals surface area contributed by atoms with Gasteiger partial charge < -0.3 is 4.74 Å². The molecule has 0 aromatic carbocycles. The van der Waals surface area contributed by atoms with Crippen LogP contribution in [0.1, 0.15) is 26.7 Å². The van der Waals surface area contributed by atoms with E-state index in [1.165, 1.54) is 0 Å². The van der Waals surface area contributed by atoms with Crippen molar-refractivity contribution in [1.82, 2.24) is 0 Å². The summed E-state index contributed by atoms with van der Waals surface area (Å²) in [5.74, 6) is -2.48. The van der Waals surface area contributed by atoms with Gasteiger partial charge in [-0.2, -0.15) is 0 Å². The van der Waals surface area contributed by atoms with Crippen LogP contribution < -0.4 is 0 Å². The molecule has 0 aromatic heterocycles. The summed E-state index contributed by atoms with van der Waals surface area (Å²) in [6, 6.07) is 0. The molecule has 0 bridgehead atoms. The first-order valence-electron chi connectivity index (χ1n) is 3.33. The molecule has 0 amide bonds. The van der Waals surface area contributed by atoms with E-state index >= 15 is 0 Å². The molecule has 0 rings (SSSR count). The maximum absolute atomic E-state index is 10.6. The van der Waals surface area contributed by atoms with E-state index in [1.807, 2.05) is 0 Å². The lowest BCUT2D eigenvalue weighted by Crippen LogP contribution is -2.18. The van der Waals surface area contributed by atoms with Crippen molar-refractivity contribution in [2.24, 2.45) is 0 Å². The van der Waals surface area contributed by atoms with E-state index < -0.39 is 17.7 Å². The molecular weight excluding hydrogens is 148 g/mol. The van der Waals surface area contributed by atoms with E-state index in [2.05, 4.69) is 4.74 Å². The Kier molecular flexibility index (Phi) is 4.10. The first kappa shape index (κ1) is 9.81. The Morgan fingerprint density at radius 2 is 1.82 bits per heavy atom. The maximum Gasteiger partial charge on any atom is 0.381 e. The first-order chi connectivity index (χ1) is 5.07. The molecule has 0 radical (unpaired) electrons. The van der Waals surface area contributed by atoms with Gasteiger partial charge in [-0.05, 0) is 6.42 Å². The minimum absolute atomic E-state index is 0.166. The average Bonchev–Trinajstić information content (AvgIpc) is 1.87. The molecule has 0 aliphatic carbocycles. The fourth-order valence-corrected chi connectivity index (χ4v) is 0.430. The third kappa shape index (κ3) is 4.25. The number of hydrogen-bond acceptors (Lipinski definition) is 4. The minimum Gasteiger partial charge on any atom is -0.387 e. The van der Waals surface area contributed by atoms with Gasteiger partial charge in [-0.3, -0.25) is 9.59 Å². The van der Waals surface area contributed by atoms with Crippen molar-refractivity contribution in [3.05, 3.63) is 0 Å². The molecule has 0 unspecified atom stereocenters. The van der Waals surface area contributed by atoms with Crippen molar-refractivity contribution in [2.75, 3.05) is 0 Å². The second kappa shape index (κ2) is 4.60. The summed E-state index contributed by atoms with van der Waals surface area (Å²) in [4.78, 5) is 31.3. The second-order valence-corrected chi connectivity index (χ2v) is 2.07. The molecule has 0 fully saturated rings. The zero-order chi connectivity index (χ0) is 8.85. The molecule has 62 valence electrons. The third-order valence-electron chi connectivity index (χ3n) is 0.948. The van der Waals surface area contributed by atoms with Crippen LogP contribution in [0.2, 0.25) is 0 Å². The van der Waals surface area contributed by atoms with Gasteiger partial charge in [0.2, 0.25) is 5.78 Å². The predicted octanol–water partition coefficient (Wildman–Crippen LogP) is 0.445. The fraction of sp³-hybridized carbons (Fsp3) is 0.571. The Balaban J connectivity index is 3.76. The topological polar surface area (TPSA) is 60.4 Å². The Morgan fingerprint density at radius 1 is 1.27 bits per heavy atom. The molecule has 0 heterocycles. The van der Waals surface area contributed by atoms with Crippen molar-refractivity contribution in [1.29, 1.82) is 0 Å². The van der Waals surface area contributed by atoms with E-state index in [4.69, 9.17) is 0 Å². The van der Waals surface area contributed by atoms with Crippen LogP contribution >= 0.6 is 0 Å². The van der Waals surface area contributed by atoms with Crippen molar-refractivity contribution in [3.8, 4) is 0 Å². The van der Waals surface area contributed by atoms with Crippen LogP contribution in [0, 0.1) is 0 Å². The molecule has 4 nitrogen and oxygen atoms in total. The van der Waals surface area contributed by atoms with E-state index in [9.17, 15) is 14.4 Å². The zero-order valence-electron chi connectivity index (χ0n) is 6.55. The van der Waals surface area contributed by atoms with Gasteiger partial charge in [0.15, 0.2) is 0 Å². The van der Waals surface area contributed by atoms with Gasteiger partial charge in [0, 0.05) is 13.3 Å². The van der Waals surface area contributed by atoms with Crippen molar-refractivity contribution < 1.29 is 19.1 Å². The second-order valence-electron chi connectivity index (χ2n) is 2.07. The smallest absolute Gasteiger partial charge is 0.381 e. The Labute approximate surface area is 64.5 Å². The van der Waals surface area contributed by atoms with Crippen molar-refractivity contribution in [2.45, 2.75) is 26.7 Å². The summed E-state index contributed by atoms with van der Waals surface area (Å²) in [5.41, 5.74) is 0. The van der Waals surface area contributed by atoms with Crippen LogP contribution in [0.5, 0.6) is 0 Å². The number of ketones is 1. The largest absolute Gasteiger partial charge is 0.387 e. The van der Waals surface area contributed by atoms with E-state index in [1.54, 1.807) is 6.92 Å². The molecule has 11 heavy (non-hydrogen) atoms. The van der Waals surface area contributed by atoms with Crippen LogP contribution in [0.4, 0.5) is 0 Å². The maximum atomic E-state index is 10.6. The quantitative estimate of drug-likeness (QED) is 0.340. The van der Waals surface area contributed by atoms with Crippen LogP contribution in [0.25, 0.3) is 0 Å². The van der Waals surface area contributed by atoms with E-state index in [0.717, 1.165) is 6.92 Å². The Hall–Kier alpha value is -1.19. The number of Topliss-reactive ketones (excluding diaryl/α,β-unsaturated/α-hetero) is 1. The van der Waals surface area contributed by atoms with Gasteiger partial charge in [-0.25, -0.2) is 4.79 Å². The van der Waals surface area contributed by atoms with Crippen LogP contribution in [-0.4, -0.2) is 17.7 Å². The highest BCUT2D eigenvalue weighted by Gasteiger charge is 2.13. The summed E-state index contributed by atoms with van der Waals surface area (Å²) in [5, 5.41) is 0. The van der Waals surface area contributed by atoms with Gasteiger partial charge >= 0.3 is 11.9 Å². The number of hydrogen-bond donors (Lipinski definition) is 0. The molecule has 0 saturated carbocycles. The molecule has 0 spiro atoms. The fourth-order valence-electron chi connectivity index (χ4n) is 0.430. The number of ether oxygens (including phenoxy) is 1. The highest BCUT2D eigenvalue weighted by atomic mass is 16.6. The van der Waals surface area contributed by atoms with E-state index in [0.29, 0.717) is 6.42 Å². The molecule has 0 atom stereocenters. The Bertz CT molecular complexity index is 183. The number of esters is 2.